The van der Waals surface area contributed by atoms with Gasteiger partial charge in [-0.2, -0.15) is 0 Å². The molecule has 1 rings (SSSR count). The second kappa shape index (κ2) is 5.37. The molecular formula is C8H5BrClF3O2. The van der Waals surface area contributed by atoms with Crippen LogP contribution >= 0.6 is 28.3 Å². The van der Waals surface area contributed by atoms with Gasteiger partial charge in [0.2, 0.25) is 0 Å². The zero-order chi connectivity index (χ0) is 10.8. The second-order valence-electron chi connectivity index (χ2n) is 2.35. The molecule has 0 fully saturated rings. The molecule has 1 aromatic rings. The molecule has 0 aliphatic heterocycles. The van der Waals surface area contributed by atoms with Crippen LogP contribution in [0, 0.1) is 0 Å². The Labute approximate surface area is 98.0 Å². The molecule has 0 aliphatic rings. The summed E-state index contributed by atoms with van der Waals surface area (Å²) in [7, 11) is 0. The molecule has 0 spiro atoms. The van der Waals surface area contributed by atoms with Crippen molar-refractivity contribution in [2.45, 2.75) is 6.36 Å². The predicted molar refractivity (Wildman–Crippen MR) is 53.5 cm³/mol. The van der Waals surface area contributed by atoms with E-state index < -0.39 is 12.1 Å². The van der Waals surface area contributed by atoms with Crippen LogP contribution in [0.5, 0.6) is 5.75 Å². The van der Waals surface area contributed by atoms with Crippen molar-refractivity contribution in [1.82, 2.24) is 0 Å². The average molecular weight is 305 g/mol. The zero-order valence-electron chi connectivity index (χ0n) is 7.05. The van der Waals surface area contributed by atoms with Crippen molar-refractivity contribution in [1.29, 1.82) is 0 Å². The van der Waals surface area contributed by atoms with Gasteiger partial charge in [-0.15, -0.1) is 25.6 Å². The van der Waals surface area contributed by atoms with Crippen molar-refractivity contribution in [3.8, 4) is 5.75 Å². The summed E-state index contributed by atoms with van der Waals surface area (Å²) in [6.07, 6.45) is -4.49. The normalized spacial score (nSPS) is 10.4. The van der Waals surface area contributed by atoms with Gasteiger partial charge in [-0.25, -0.2) is 0 Å². The first-order valence-corrected chi connectivity index (χ1v) is 4.22. The predicted octanol–water partition coefficient (Wildman–Crippen LogP) is 3.58. The third-order valence-electron chi connectivity index (χ3n) is 1.33. The number of halogens is 5. The molecule has 15 heavy (non-hydrogen) atoms. The second-order valence-corrected chi connectivity index (χ2v) is 3.26. The minimum atomic E-state index is -4.79. The monoisotopic (exact) mass is 304 g/mol. The third kappa shape index (κ3) is 4.53. The minimum absolute atomic E-state index is 0. The van der Waals surface area contributed by atoms with Gasteiger partial charge in [0.15, 0.2) is 6.29 Å². The van der Waals surface area contributed by atoms with Gasteiger partial charge in [-0.3, -0.25) is 4.79 Å². The molecule has 0 saturated heterocycles. The lowest BCUT2D eigenvalue weighted by atomic mass is 10.2. The van der Waals surface area contributed by atoms with Crippen molar-refractivity contribution in [3.05, 3.63) is 28.2 Å². The van der Waals surface area contributed by atoms with Gasteiger partial charge in [-0.1, -0.05) is 15.9 Å². The van der Waals surface area contributed by atoms with Crippen LogP contribution in [0.15, 0.2) is 22.7 Å². The van der Waals surface area contributed by atoms with E-state index in [0.717, 1.165) is 6.07 Å². The van der Waals surface area contributed by atoms with Crippen LogP contribution in [0.2, 0.25) is 0 Å². The summed E-state index contributed by atoms with van der Waals surface area (Å²) in [5.41, 5.74) is -0.148. The number of carbonyl (C=O) groups is 1. The van der Waals surface area contributed by atoms with Gasteiger partial charge < -0.3 is 4.74 Å². The molecule has 0 N–H and O–H groups in total. The number of rotatable bonds is 2. The fourth-order valence-electron chi connectivity index (χ4n) is 0.819. The number of benzene rings is 1. The quantitative estimate of drug-likeness (QED) is 0.781. The number of hydrogen-bond acceptors (Lipinski definition) is 2. The summed E-state index contributed by atoms with van der Waals surface area (Å²) < 4.78 is 39.6. The van der Waals surface area contributed by atoms with Gasteiger partial charge in [0, 0.05) is 4.47 Å². The van der Waals surface area contributed by atoms with E-state index in [1.807, 2.05) is 0 Å². The zero-order valence-corrected chi connectivity index (χ0v) is 9.45. The van der Waals surface area contributed by atoms with Crippen molar-refractivity contribution in [2.24, 2.45) is 0 Å². The molecule has 2 nitrogen and oxygen atoms in total. The van der Waals surface area contributed by atoms with E-state index in [9.17, 15) is 18.0 Å². The van der Waals surface area contributed by atoms with Gasteiger partial charge in [0.1, 0.15) is 5.75 Å². The molecule has 1 aromatic carbocycles. The topological polar surface area (TPSA) is 26.3 Å². The van der Waals surface area contributed by atoms with Crippen LogP contribution in [0.25, 0.3) is 0 Å². The minimum Gasteiger partial charge on any atom is -0.405 e. The standard InChI is InChI=1S/C8H4BrF3O2.ClH/c9-6-2-1-5(4-13)7(3-6)14-8(10,11)12;/h1-4H;1H. The molecule has 0 saturated carbocycles. The van der Waals surface area contributed by atoms with Crippen LogP contribution in [0.3, 0.4) is 0 Å². The Bertz CT molecular complexity index is 354. The Hall–Kier alpha value is -0.750. The fraction of sp³-hybridized carbons (Fsp3) is 0.125. The lowest BCUT2D eigenvalue weighted by molar-refractivity contribution is -0.274. The molecular weight excluding hydrogens is 300 g/mol. The van der Waals surface area contributed by atoms with Crippen LogP contribution in [-0.2, 0) is 0 Å². The fourth-order valence-corrected chi connectivity index (χ4v) is 1.16. The van der Waals surface area contributed by atoms with E-state index in [1.165, 1.54) is 12.1 Å². The highest BCUT2D eigenvalue weighted by Gasteiger charge is 2.32. The van der Waals surface area contributed by atoms with E-state index in [1.54, 1.807) is 0 Å². The maximum atomic E-state index is 11.8. The maximum absolute atomic E-state index is 11.8. The first-order chi connectivity index (χ1) is 6.42. The molecule has 84 valence electrons. The summed E-state index contributed by atoms with van der Waals surface area (Å²) in [6, 6.07) is 3.77. The Morgan fingerprint density at radius 1 is 1.33 bits per heavy atom. The summed E-state index contributed by atoms with van der Waals surface area (Å²) in [5, 5.41) is 0. The van der Waals surface area contributed by atoms with Crippen molar-refractivity contribution < 1.29 is 22.7 Å². The Balaban J connectivity index is 0.00000196. The Morgan fingerprint density at radius 2 is 1.93 bits per heavy atom. The smallest absolute Gasteiger partial charge is 0.405 e. The van der Waals surface area contributed by atoms with Crippen molar-refractivity contribution >= 4 is 34.6 Å². The van der Waals surface area contributed by atoms with Gasteiger partial charge >= 0.3 is 6.36 Å². The lowest BCUT2D eigenvalue weighted by Gasteiger charge is -2.10. The number of alkyl halides is 3. The lowest BCUT2D eigenvalue weighted by Crippen LogP contribution is -2.18. The number of hydrogen-bond donors (Lipinski definition) is 0. The largest absolute Gasteiger partial charge is 0.573 e. The number of aldehydes is 1. The third-order valence-corrected chi connectivity index (χ3v) is 1.82. The van der Waals surface area contributed by atoms with E-state index >= 15 is 0 Å². The summed E-state index contributed by atoms with van der Waals surface area (Å²) >= 11 is 2.97. The summed E-state index contributed by atoms with van der Waals surface area (Å²) in [5.74, 6) is -0.512. The Morgan fingerprint density at radius 3 is 2.40 bits per heavy atom. The van der Waals surface area contributed by atoms with Crippen LogP contribution in [0.1, 0.15) is 10.4 Å². The first kappa shape index (κ1) is 14.2. The number of ether oxygens (including phenoxy) is 1. The van der Waals surface area contributed by atoms with E-state index in [0.29, 0.717) is 10.8 Å². The van der Waals surface area contributed by atoms with Crippen LogP contribution in [0.4, 0.5) is 13.2 Å². The van der Waals surface area contributed by atoms with Gasteiger partial charge in [0.05, 0.1) is 5.56 Å². The molecule has 0 unspecified atom stereocenters. The van der Waals surface area contributed by atoms with Gasteiger partial charge in [-0.05, 0) is 18.2 Å². The van der Waals surface area contributed by atoms with Gasteiger partial charge in [0.25, 0.3) is 0 Å². The molecule has 7 heteroatoms. The molecule has 0 radical (unpaired) electrons. The maximum Gasteiger partial charge on any atom is 0.573 e. The van der Waals surface area contributed by atoms with Crippen molar-refractivity contribution in [2.75, 3.05) is 0 Å². The molecule has 0 aromatic heterocycles. The summed E-state index contributed by atoms with van der Waals surface area (Å²) in [6.45, 7) is 0. The highest BCUT2D eigenvalue weighted by atomic mass is 79.9. The van der Waals surface area contributed by atoms with E-state index in [4.69, 9.17) is 0 Å². The van der Waals surface area contributed by atoms with Crippen LogP contribution in [-0.4, -0.2) is 12.6 Å². The van der Waals surface area contributed by atoms with E-state index in [2.05, 4.69) is 20.7 Å². The summed E-state index contributed by atoms with van der Waals surface area (Å²) in [4.78, 5) is 10.4. The molecule has 0 atom stereocenters. The average Bonchev–Trinajstić information content (AvgIpc) is 2.01. The Kier molecular flexibility index (Phi) is 5.10. The first-order valence-electron chi connectivity index (χ1n) is 3.43. The van der Waals surface area contributed by atoms with Crippen molar-refractivity contribution in [3.63, 3.8) is 0 Å². The molecule has 0 aliphatic carbocycles. The van der Waals surface area contributed by atoms with E-state index in [-0.39, 0.29) is 18.0 Å². The highest BCUT2D eigenvalue weighted by molar-refractivity contribution is 9.10. The highest BCUT2D eigenvalue weighted by Crippen LogP contribution is 2.28. The SMILES string of the molecule is Cl.O=Cc1ccc(Br)cc1OC(F)(F)F. The molecule has 0 bridgehead atoms. The molecule has 0 heterocycles. The molecule has 0 amide bonds. The number of carbonyl (C=O) groups excluding carboxylic acids is 1. The van der Waals surface area contributed by atoms with Crippen LogP contribution < -0.4 is 4.74 Å².